The Labute approximate surface area is 97.6 Å². The molecule has 0 aromatic carbocycles. The molecule has 3 nitrogen and oxygen atoms in total. The van der Waals surface area contributed by atoms with E-state index in [0.29, 0.717) is 0 Å². The summed E-state index contributed by atoms with van der Waals surface area (Å²) >= 11 is 0. The van der Waals surface area contributed by atoms with Crippen molar-refractivity contribution in [2.45, 2.75) is 45.6 Å². The molecule has 0 saturated heterocycles. The largest absolute Gasteiger partial charge is 0.480 e. The van der Waals surface area contributed by atoms with Crippen LogP contribution in [0.2, 0.25) is 0 Å². The number of aliphatic carboxylic acids is 1. The van der Waals surface area contributed by atoms with Crippen molar-refractivity contribution in [2.24, 2.45) is 23.7 Å². The van der Waals surface area contributed by atoms with Crippen molar-refractivity contribution in [3.63, 3.8) is 0 Å². The first kappa shape index (κ1) is 11.9. The predicted molar refractivity (Wildman–Crippen MR) is 63.2 cm³/mol. The van der Waals surface area contributed by atoms with Crippen molar-refractivity contribution in [1.82, 2.24) is 5.32 Å². The molecule has 0 aromatic rings. The molecular weight excluding hydrogens is 202 g/mol. The summed E-state index contributed by atoms with van der Waals surface area (Å²) in [4.78, 5) is 11.0. The van der Waals surface area contributed by atoms with Crippen LogP contribution in [0.15, 0.2) is 0 Å². The number of rotatable bonds is 5. The zero-order valence-corrected chi connectivity index (χ0v) is 10.3. The van der Waals surface area contributed by atoms with Gasteiger partial charge in [0.25, 0.3) is 0 Å². The monoisotopic (exact) mass is 225 g/mol. The third-order valence-electron chi connectivity index (χ3n) is 4.42. The third kappa shape index (κ3) is 2.40. The topological polar surface area (TPSA) is 49.3 Å². The predicted octanol–water partition coefficient (Wildman–Crippen LogP) is 2.12. The number of hydrogen-bond donors (Lipinski definition) is 2. The normalized spacial score (nSPS) is 34.6. The minimum absolute atomic E-state index is 0.163. The molecule has 16 heavy (non-hydrogen) atoms. The average Bonchev–Trinajstić information content (AvgIpc) is 2.77. The number of carboxylic acids is 1. The van der Waals surface area contributed by atoms with Crippen molar-refractivity contribution in [3.8, 4) is 0 Å². The second-order valence-corrected chi connectivity index (χ2v) is 5.90. The molecule has 2 saturated carbocycles. The van der Waals surface area contributed by atoms with Gasteiger partial charge in [-0.05, 0) is 49.5 Å². The number of carbonyl (C=O) groups is 1. The second-order valence-electron chi connectivity index (χ2n) is 5.90. The highest BCUT2D eigenvalue weighted by atomic mass is 16.4. The molecule has 4 atom stereocenters. The first-order valence-electron chi connectivity index (χ1n) is 6.54. The Hall–Kier alpha value is -0.570. The molecule has 0 aliphatic heterocycles. The van der Waals surface area contributed by atoms with Gasteiger partial charge in [-0.25, -0.2) is 0 Å². The average molecular weight is 225 g/mol. The third-order valence-corrected chi connectivity index (χ3v) is 4.42. The van der Waals surface area contributed by atoms with Gasteiger partial charge < -0.3 is 10.4 Å². The standard InChI is InChI=1S/C13H23NO2/c1-8(2)12(13(15)16)14-7-11-6-9-3-4-10(11)5-9/h8-12,14H,3-7H2,1-2H3,(H,15,16)/t9?,10?,11?,12-/m1/s1. The van der Waals surface area contributed by atoms with E-state index in [4.69, 9.17) is 5.11 Å². The van der Waals surface area contributed by atoms with Crippen LogP contribution in [-0.2, 0) is 4.79 Å². The van der Waals surface area contributed by atoms with E-state index in [1.807, 2.05) is 13.8 Å². The van der Waals surface area contributed by atoms with Crippen molar-refractivity contribution in [1.29, 1.82) is 0 Å². The lowest BCUT2D eigenvalue weighted by atomic mass is 9.88. The number of carboxylic acid groups (broad SMARTS) is 1. The van der Waals surface area contributed by atoms with Crippen LogP contribution < -0.4 is 5.32 Å². The van der Waals surface area contributed by atoms with Gasteiger partial charge in [0.05, 0.1) is 0 Å². The Bertz CT molecular complexity index is 265. The lowest BCUT2D eigenvalue weighted by Gasteiger charge is -2.25. The van der Waals surface area contributed by atoms with E-state index in [0.717, 1.165) is 24.3 Å². The van der Waals surface area contributed by atoms with Crippen molar-refractivity contribution in [3.05, 3.63) is 0 Å². The lowest BCUT2D eigenvalue weighted by Crippen LogP contribution is -2.43. The van der Waals surface area contributed by atoms with E-state index in [9.17, 15) is 4.79 Å². The molecule has 92 valence electrons. The van der Waals surface area contributed by atoms with Crippen LogP contribution in [-0.4, -0.2) is 23.7 Å². The van der Waals surface area contributed by atoms with Gasteiger partial charge in [0.2, 0.25) is 0 Å². The zero-order valence-electron chi connectivity index (χ0n) is 10.3. The maximum absolute atomic E-state index is 11.0. The Morgan fingerprint density at radius 1 is 1.38 bits per heavy atom. The summed E-state index contributed by atoms with van der Waals surface area (Å²) in [5.74, 6) is 2.01. The fourth-order valence-electron chi connectivity index (χ4n) is 3.51. The highest BCUT2D eigenvalue weighted by Gasteiger charge is 2.39. The quantitative estimate of drug-likeness (QED) is 0.753. The summed E-state index contributed by atoms with van der Waals surface area (Å²) in [6, 6.07) is -0.376. The SMILES string of the molecule is CC(C)[C@@H](NCC1CC2CCC1C2)C(=O)O. The Morgan fingerprint density at radius 2 is 2.12 bits per heavy atom. The minimum atomic E-state index is -0.710. The van der Waals surface area contributed by atoms with Crippen LogP contribution in [0.3, 0.4) is 0 Å². The lowest BCUT2D eigenvalue weighted by molar-refractivity contribution is -0.140. The molecule has 2 aliphatic rings. The Morgan fingerprint density at radius 3 is 2.56 bits per heavy atom. The molecule has 2 fully saturated rings. The van der Waals surface area contributed by atoms with Crippen molar-refractivity contribution >= 4 is 5.97 Å². The summed E-state index contributed by atoms with van der Waals surface area (Å²) < 4.78 is 0. The maximum atomic E-state index is 11.0. The summed E-state index contributed by atoms with van der Waals surface area (Å²) in [7, 11) is 0. The van der Waals surface area contributed by atoms with E-state index < -0.39 is 5.97 Å². The fraction of sp³-hybridized carbons (Fsp3) is 0.923. The van der Waals surface area contributed by atoms with Gasteiger partial charge in [-0.15, -0.1) is 0 Å². The van der Waals surface area contributed by atoms with E-state index in [2.05, 4.69) is 5.32 Å². The molecule has 0 aromatic heterocycles. The van der Waals surface area contributed by atoms with Crippen LogP contribution in [0.4, 0.5) is 0 Å². The van der Waals surface area contributed by atoms with Crippen molar-refractivity contribution < 1.29 is 9.90 Å². The first-order chi connectivity index (χ1) is 7.58. The zero-order chi connectivity index (χ0) is 11.7. The van der Waals surface area contributed by atoms with Crippen LogP contribution in [0.5, 0.6) is 0 Å². The summed E-state index contributed by atoms with van der Waals surface area (Å²) in [6.45, 7) is 4.83. The minimum Gasteiger partial charge on any atom is -0.480 e. The van der Waals surface area contributed by atoms with E-state index >= 15 is 0 Å². The molecule has 3 unspecified atom stereocenters. The highest BCUT2D eigenvalue weighted by molar-refractivity contribution is 5.73. The summed E-state index contributed by atoms with van der Waals surface area (Å²) in [6.07, 6.45) is 5.50. The van der Waals surface area contributed by atoms with Gasteiger partial charge in [0, 0.05) is 0 Å². The second kappa shape index (κ2) is 4.74. The van der Waals surface area contributed by atoms with Gasteiger partial charge in [-0.3, -0.25) is 4.79 Å². The number of nitrogens with one attached hydrogen (secondary N) is 1. The molecule has 0 heterocycles. The molecule has 0 amide bonds. The molecular formula is C13H23NO2. The van der Waals surface area contributed by atoms with Crippen LogP contribution >= 0.6 is 0 Å². The Balaban J connectivity index is 1.80. The molecule has 0 spiro atoms. The van der Waals surface area contributed by atoms with Crippen LogP contribution in [0.1, 0.15) is 39.5 Å². The van der Waals surface area contributed by atoms with Crippen LogP contribution in [0, 0.1) is 23.7 Å². The number of hydrogen-bond acceptors (Lipinski definition) is 2. The van der Waals surface area contributed by atoms with Gasteiger partial charge in [-0.1, -0.05) is 20.3 Å². The van der Waals surface area contributed by atoms with Crippen LogP contribution in [0.25, 0.3) is 0 Å². The van der Waals surface area contributed by atoms with Gasteiger partial charge >= 0.3 is 5.97 Å². The molecule has 3 heteroatoms. The number of fused-ring (bicyclic) bond motifs is 2. The molecule has 2 aliphatic carbocycles. The highest BCUT2D eigenvalue weighted by Crippen LogP contribution is 2.47. The molecule has 2 bridgehead atoms. The van der Waals surface area contributed by atoms with Gasteiger partial charge in [-0.2, -0.15) is 0 Å². The first-order valence-corrected chi connectivity index (χ1v) is 6.54. The van der Waals surface area contributed by atoms with E-state index in [-0.39, 0.29) is 12.0 Å². The smallest absolute Gasteiger partial charge is 0.320 e. The van der Waals surface area contributed by atoms with Gasteiger partial charge in [0.15, 0.2) is 0 Å². The molecule has 0 radical (unpaired) electrons. The molecule has 2 rings (SSSR count). The molecule has 2 N–H and O–H groups in total. The van der Waals surface area contributed by atoms with Gasteiger partial charge in [0.1, 0.15) is 6.04 Å². The summed E-state index contributed by atoms with van der Waals surface area (Å²) in [5, 5.41) is 12.3. The maximum Gasteiger partial charge on any atom is 0.320 e. The van der Waals surface area contributed by atoms with E-state index in [1.165, 1.54) is 25.7 Å². The fourth-order valence-corrected chi connectivity index (χ4v) is 3.51. The van der Waals surface area contributed by atoms with E-state index in [1.54, 1.807) is 0 Å². The van der Waals surface area contributed by atoms with Crippen molar-refractivity contribution in [2.75, 3.05) is 6.54 Å². The summed E-state index contributed by atoms with van der Waals surface area (Å²) in [5.41, 5.74) is 0. The Kier molecular flexibility index (Phi) is 3.53.